The molecule has 0 saturated carbocycles. The van der Waals surface area contributed by atoms with E-state index in [0.717, 1.165) is 12.8 Å². The molecule has 0 spiro atoms. The van der Waals surface area contributed by atoms with Crippen LogP contribution in [0.2, 0.25) is 0 Å². The molecule has 1 aromatic rings. The van der Waals surface area contributed by atoms with Gasteiger partial charge in [0.15, 0.2) is 5.75 Å². The Labute approximate surface area is 122 Å². The van der Waals surface area contributed by atoms with E-state index in [1.165, 1.54) is 19.4 Å². The lowest BCUT2D eigenvalue weighted by molar-refractivity contribution is -0.129. The van der Waals surface area contributed by atoms with Crippen molar-refractivity contribution in [3.63, 3.8) is 0 Å². The number of likely N-dealkylation sites (tertiary alicyclic amines) is 1. The summed E-state index contributed by atoms with van der Waals surface area (Å²) in [5.74, 6) is -0.221. The van der Waals surface area contributed by atoms with E-state index in [1.54, 1.807) is 6.92 Å². The third kappa shape index (κ3) is 3.62. The fourth-order valence-corrected chi connectivity index (χ4v) is 2.40. The number of aromatic carboxylic acids is 1. The summed E-state index contributed by atoms with van der Waals surface area (Å²) in [7, 11) is 1.41. The van der Waals surface area contributed by atoms with E-state index in [-0.39, 0.29) is 23.3 Å². The Hall–Kier alpha value is -2.31. The third-order valence-corrected chi connectivity index (χ3v) is 3.61. The van der Waals surface area contributed by atoms with Crippen LogP contribution < -0.4 is 10.1 Å². The minimum atomic E-state index is -1.05. The number of carboxylic acid groups (broad SMARTS) is 1. The summed E-state index contributed by atoms with van der Waals surface area (Å²) in [6.45, 7) is 2.97. The number of nitrogens with one attached hydrogen (secondary N) is 1. The van der Waals surface area contributed by atoms with Gasteiger partial charge in [-0.1, -0.05) is 0 Å². The monoisotopic (exact) mass is 293 g/mol. The molecular weight excluding hydrogens is 274 g/mol. The molecule has 2 rings (SSSR count). The molecule has 114 valence electrons. The second-order valence-corrected chi connectivity index (χ2v) is 5.00. The van der Waals surface area contributed by atoms with Gasteiger partial charge in [0, 0.05) is 26.1 Å². The normalized spacial score (nSPS) is 15.6. The average molecular weight is 293 g/mol. The highest BCUT2D eigenvalue weighted by Crippen LogP contribution is 2.22. The van der Waals surface area contributed by atoms with E-state index in [1.807, 2.05) is 4.90 Å². The van der Waals surface area contributed by atoms with Gasteiger partial charge in [-0.3, -0.25) is 4.79 Å². The molecule has 1 saturated heterocycles. The van der Waals surface area contributed by atoms with Crippen LogP contribution >= 0.6 is 0 Å². The maximum Gasteiger partial charge on any atom is 0.339 e. The van der Waals surface area contributed by atoms with Crippen LogP contribution in [-0.4, -0.2) is 53.1 Å². The first-order valence-electron chi connectivity index (χ1n) is 6.80. The number of carbonyl (C=O) groups excluding carboxylic acids is 1. The van der Waals surface area contributed by atoms with Gasteiger partial charge in [-0.25, -0.2) is 9.78 Å². The summed E-state index contributed by atoms with van der Waals surface area (Å²) >= 11 is 0. The first kappa shape index (κ1) is 15.1. The van der Waals surface area contributed by atoms with E-state index in [0.29, 0.717) is 18.9 Å². The van der Waals surface area contributed by atoms with Gasteiger partial charge in [0.2, 0.25) is 5.91 Å². The van der Waals surface area contributed by atoms with E-state index < -0.39 is 5.97 Å². The predicted molar refractivity (Wildman–Crippen MR) is 76.6 cm³/mol. The van der Waals surface area contributed by atoms with E-state index >= 15 is 0 Å². The zero-order chi connectivity index (χ0) is 15.4. The number of pyridine rings is 1. The summed E-state index contributed by atoms with van der Waals surface area (Å²) in [6.07, 6.45) is 3.03. The number of carbonyl (C=O) groups is 2. The first-order valence-corrected chi connectivity index (χ1v) is 6.80. The number of rotatable bonds is 4. The van der Waals surface area contributed by atoms with Crippen LogP contribution in [0.1, 0.15) is 30.1 Å². The molecule has 2 N–H and O–H groups in total. The van der Waals surface area contributed by atoms with Gasteiger partial charge in [0.1, 0.15) is 11.4 Å². The zero-order valence-electron chi connectivity index (χ0n) is 12.1. The number of ether oxygens (including phenoxy) is 1. The number of hydrogen-bond acceptors (Lipinski definition) is 5. The maximum absolute atomic E-state index is 11.3. The van der Waals surface area contributed by atoms with Crippen molar-refractivity contribution in [2.45, 2.75) is 25.8 Å². The molecule has 1 amide bonds. The number of amides is 1. The van der Waals surface area contributed by atoms with Gasteiger partial charge in [0.05, 0.1) is 13.3 Å². The zero-order valence-corrected chi connectivity index (χ0v) is 12.1. The number of carboxylic acids is 1. The topological polar surface area (TPSA) is 91.8 Å². The highest BCUT2D eigenvalue weighted by atomic mass is 16.5. The van der Waals surface area contributed by atoms with Crippen LogP contribution in [-0.2, 0) is 4.79 Å². The van der Waals surface area contributed by atoms with Crippen molar-refractivity contribution in [2.75, 3.05) is 25.5 Å². The predicted octanol–water partition coefficient (Wildman–Crippen LogP) is 1.21. The lowest BCUT2D eigenvalue weighted by Gasteiger charge is -2.32. The average Bonchev–Trinajstić information content (AvgIpc) is 2.47. The smallest absolute Gasteiger partial charge is 0.339 e. The van der Waals surface area contributed by atoms with Crippen molar-refractivity contribution >= 4 is 17.7 Å². The molecule has 0 atom stereocenters. The minimum Gasteiger partial charge on any atom is -0.494 e. The number of aromatic nitrogens is 1. The van der Waals surface area contributed by atoms with Crippen LogP contribution in [0.5, 0.6) is 5.75 Å². The summed E-state index contributed by atoms with van der Waals surface area (Å²) < 4.78 is 4.98. The lowest BCUT2D eigenvalue weighted by atomic mass is 10.0. The van der Waals surface area contributed by atoms with Gasteiger partial charge in [-0.05, 0) is 18.9 Å². The van der Waals surface area contributed by atoms with E-state index in [2.05, 4.69) is 10.3 Å². The van der Waals surface area contributed by atoms with Gasteiger partial charge < -0.3 is 20.1 Å². The Morgan fingerprint density at radius 2 is 2.10 bits per heavy atom. The van der Waals surface area contributed by atoms with Crippen LogP contribution in [0, 0.1) is 0 Å². The molecule has 7 heteroatoms. The van der Waals surface area contributed by atoms with Crippen molar-refractivity contribution in [1.82, 2.24) is 9.88 Å². The molecule has 0 aliphatic carbocycles. The number of piperidine rings is 1. The molecule has 7 nitrogen and oxygen atoms in total. The van der Waals surface area contributed by atoms with Crippen molar-refractivity contribution in [1.29, 1.82) is 0 Å². The highest BCUT2D eigenvalue weighted by Gasteiger charge is 2.21. The molecule has 1 aliphatic heterocycles. The second-order valence-electron chi connectivity index (χ2n) is 5.00. The summed E-state index contributed by atoms with van der Waals surface area (Å²) in [5.41, 5.74) is 0.0798. The van der Waals surface area contributed by atoms with Crippen LogP contribution in [0.3, 0.4) is 0 Å². The molecule has 1 aliphatic rings. The lowest BCUT2D eigenvalue weighted by Crippen LogP contribution is -2.41. The van der Waals surface area contributed by atoms with Crippen molar-refractivity contribution in [3.05, 3.63) is 17.8 Å². The van der Waals surface area contributed by atoms with Crippen molar-refractivity contribution < 1.29 is 19.4 Å². The molecule has 21 heavy (non-hydrogen) atoms. The molecular formula is C14H19N3O4. The Morgan fingerprint density at radius 3 is 2.62 bits per heavy atom. The maximum atomic E-state index is 11.3. The van der Waals surface area contributed by atoms with Gasteiger partial charge in [-0.2, -0.15) is 0 Å². The standard InChI is InChI=1S/C14H19N3O4/c1-9(18)17-5-3-10(4-6-17)16-13-7-11(14(19)20)12(21-2)8-15-13/h7-8,10H,3-6H2,1-2H3,(H,15,16)(H,19,20). The number of methoxy groups -OCH3 is 1. The number of nitrogens with zero attached hydrogens (tertiary/aromatic N) is 2. The Morgan fingerprint density at radius 1 is 1.43 bits per heavy atom. The van der Waals surface area contributed by atoms with Crippen LogP contribution in [0.4, 0.5) is 5.82 Å². The Bertz CT molecular complexity index is 539. The highest BCUT2D eigenvalue weighted by molar-refractivity contribution is 5.91. The molecule has 2 heterocycles. The summed E-state index contributed by atoms with van der Waals surface area (Å²) in [4.78, 5) is 28.4. The van der Waals surface area contributed by atoms with Crippen LogP contribution in [0.25, 0.3) is 0 Å². The van der Waals surface area contributed by atoms with Gasteiger partial charge >= 0.3 is 5.97 Å². The molecule has 0 unspecified atom stereocenters. The van der Waals surface area contributed by atoms with E-state index in [4.69, 9.17) is 9.84 Å². The van der Waals surface area contributed by atoms with Gasteiger partial charge in [-0.15, -0.1) is 0 Å². The Kier molecular flexibility index (Phi) is 4.62. The van der Waals surface area contributed by atoms with Crippen molar-refractivity contribution in [3.8, 4) is 5.75 Å². The molecule has 0 bridgehead atoms. The van der Waals surface area contributed by atoms with E-state index in [9.17, 15) is 9.59 Å². The SMILES string of the molecule is COc1cnc(NC2CCN(C(C)=O)CC2)cc1C(=O)O. The van der Waals surface area contributed by atoms with Crippen LogP contribution in [0.15, 0.2) is 12.3 Å². The quantitative estimate of drug-likeness (QED) is 0.867. The number of hydrogen-bond donors (Lipinski definition) is 2. The molecule has 1 aromatic heterocycles. The molecule has 0 aromatic carbocycles. The number of anilines is 1. The van der Waals surface area contributed by atoms with Gasteiger partial charge in [0.25, 0.3) is 0 Å². The second kappa shape index (κ2) is 6.43. The minimum absolute atomic E-state index is 0.0798. The fourth-order valence-electron chi connectivity index (χ4n) is 2.40. The largest absolute Gasteiger partial charge is 0.494 e. The summed E-state index contributed by atoms with van der Waals surface area (Å²) in [5, 5.41) is 12.4. The first-order chi connectivity index (χ1) is 10.0. The summed E-state index contributed by atoms with van der Waals surface area (Å²) in [6, 6.07) is 1.65. The Balaban J connectivity index is 2.02. The molecule has 1 fully saturated rings. The van der Waals surface area contributed by atoms with Crippen molar-refractivity contribution in [2.24, 2.45) is 0 Å². The fraction of sp³-hybridized carbons (Fsp3) is 0.500. The third-order valence-electron chi connectivity index (χ3n) is 3.61. The molecule has 0 radical (unpaired) electrons.